The maximum absolute atomic E-state index is 5.25. The SMILES string of the molecule is CCCCCCCCCCCCCCCCCc1nc(CC)nc(CCCCCCCCCCCCCCCCC)c1CCCCCCCCCCCCCCCCC. The van der Waals surface area contributed by atoms with Crippen LogP contribution < -0.4 is 0 Å². The van der Waals surface area contributed by atoms with Crippen LogP contribution in [-0.4, -0.2) is 9.97 Å². The minimum Gasteiger partial charge on any atom is -0.238 e. The van der Waals surface area contributed by atoms with Gasteiger partial charge in [-0.05, 0) is 44.1 Å². The summed E-state index contributed by atoms with van der Waals surface area (Å²) in [7, 11) is 0. The van der Waals surface area contributed by atoms with Gasteiger partial charge in [-0.25, -0.2) is 9.97 Å². The molecule has 0 bridgehead atoms. The van der Waals surface area contributed by atoms with Crippen LogP contribution in [-0.2, 0) is 25.7 Å². The molecule has 0 aliphatic carbocycles. The predicted molar refractivity (Wildman–Crippen MR) is 267 cm³/mol. The predicted octanol–water partition coefficient (Wildman–Crippen LogP) is 20.3. The molecule has 0 spiro atoms. The van der Waals surface area contributed by atoms with Crippen LogP contribution in [0.15, 0.2) is 0 Å². The third-order valence-electron chi connectivity index (χ3n) is 13.6. The summed E-state index contributed by atoms with van der Waals surface area (Å²) in [5.41, 5.74) is 4.45. The van der Waals surface area contributed by atoms with Crippen LogP contribution in [0, 0.1) is 0 Å². The van der Waals surface area contributed by atoms with Crippen molar-refractivity contribution < 1.29 is 0 Å². The molecule has 0 aliphatic rings. The standard InChI is InChI=1S/C57H110N2/c1-5-9-12-15-18-21-24-27-30-33-36-39-42-45-48-51-54-55(52-49-46-43-40-37-34-31-28-25-22-19-16-13-10-6-2)58-57(8-4)59-56(54)53-50-47-44-41-38-35-32-29-26-23-20-17-14-11-7-3/h5-53H2,1-4H3. The van der Waals surface area contributed by atoms with E-state index in [-0.39, 0.29) is 0 Å². The van der Waals surface area contributed by atoms with Crippen LogP contribution in [0.3, 0.4) is 0 Å². The Kier molecular flexibility index (Phi) is 44.3. The molecule has 2 nitrogen and oxygen atoms in total. The van der Waals surface area contributed by atoms with Crippen LogP contribution in [0.1, 0.15) is 339 Å². The van der Waals surface area contributed by atoms with E-state index in [0.717, 1.165) is 12.2 Å². The third kappa shape index (κ3) is 37.4. The first kappa shape index (κ1) is 56.1. The highest BCUT2D eigenvalue weighted by Gasteiger charge is 2.14. The van der Waals surface area contributed by atoms with Crippen molar-refractivity contribution in [3.8, 4) is 0 Å². The third-order valence-corrected chi connectivity index (χ3v) is 13.6. The number of hydrogen-bond donors (Lipinski definition) is 0. The smallest absolute Gasteiger partial charge is 0.128 e. The molecular weight excluding hydrogens is 713 g/mol. The van der Waals surface area contributed by atoms with Gasteiger partial charge in [0.05, 0.1) is 0 Å². The van der Waals surface area contributed by atoms with E-state index in [9.17, 15) is 0 Å². The van der Waals surface area contributed by atoms with Gasteiger partial charge in [0.15, 0.2) is 0 Å². The van der Waals surface area contributed by atoms with Gasteiger partial charge < -0.3 is 0 Å². The second-order valence-electron chi connectivity index (χ2n) is 19.5. The summed E-state index contributed by atoms with van der Waals surface area (Å²) in [5.74, 6) is 1.11. The van der Waals surface area contributed by atoms with Crippen molar-refractivity contribution in [1.82, 2.24) is 9.97 Å². The van der Waals surface area contributed by atoms with E-state index in [0.29, 0.717) is 0 Å². The molecule has 59 heavy (non-hydrogen) atoms. The highest BCUT2D eigenvalue weighted by molar-refractivity contribution is 5.27. The average Bonchev–Trinajstić information content (AvgIpc) is 3.25. The van der Waals surface area contributed by atoms with Crippen molar-refractivity contribution >= 4 is 0 Å². The van der Waals surface area contributed by atoms with Crippen LogP contribution >= 0.6 is 0 Å². The van der Waals surface area contributed by atoms with Crippen molar-refractivity contribution in [2.75, 3.05) is 0 Å². The second kappa shape index (κ2) is 46.6. The van der Waals surface area contributed by atoms with Gasteiger partial charge >= 0.3 is 0 Å². The van der Waals surface area contributed by atoms with Gasteiger partial charge in [0.25, 0.3) is 0 Å². The first-order chi connectivity index (χ1) is 29.3. The summed E-state index contributed by atoms with van der Waals surface area (Å²) in [4.78, 5) is 10.5. The van der Waals surface area contributed by atoms with Gasteiger partial charge in [-0.2, -0.15) is 0 Å². The highest BCUT2D eigenvalue weighted by Crippen LogP contribution is 2.23. The van der Waals surface area contributed by atoms with Gasteiger partial charge in [-0.15, -0.1) is 0 Å². The molecule has 0 radical (unpaired) electrons. The number of aryl methyl sites for hydroxylation is 3. The zero-order valence-electron chi connectivity index (χ0n) is 41.5. The Hall–Kier alpha value is -0.920. The minimum atomic E-state index is 0.969. The number of hydrogen-bond acceptors (Lipinski definition) is 2. The summed E-state index contributed by atoms with van der Waals surface area (Å²) in [6, 6.07) is 0. The molecule has 0 saturated heterocycles. The zero-order valence-corrected chi connectivity index (χ0v) is 41.5. The maximum atomic E-state index is 5.25. The second-order valence-corrected chi connectivity index (χ2v) is 19.5. The molecule has 348 valence electrons. The molecule has 0 aromatic carbocycles. The lowest BCUT2D eigenvalue weighted by Gasteiger charge is -2.16. The maximum Gasteiger partial charge on any atom is 0.128 e. The van der Waals surface area contributed by atoms with Crippen molar-refractivity contribution in [2.24, 2.45) is 0 Å². The van der Waals surface area contributed by atoms with Crippen molar-refractivity contribution in [3.63, 3.8) is 0 Å². The molecule has 0 fully saturated rings. The quantitative estimate of drug-likeness (QED) is 0.0612. The molecule has 0 amide bonds. The lowest BCUT2D eigenvalue weighted by molar-refractivity contribution is 0.528. The number of rotatable bonds is 49. The first-order valence-corrected chi connectivity index (χ1v) is 28.1. The Morgan fingerprint density at radius 2 is 0.407 bits per heavy atom. The Bertz CT molecular complexity index is 899. The van der Waals surface area contributed by atoms with E-state index in [2.05, 4.69) is 27.7 Å². The van der Waals surface area contributed by atoms with Gasteiger partial charge in [0.2, 0.25) is 0 Å². The zero-order chi connectivity index (χ0) is 42.4. The Labute approximate surface area is 373 Å². The van der Waals surface area contributed by atoms with E-state index < -0.39 is 0 Å². The Morgan fingerprint density at radius 1 is 0.220 bits per heavy atom. The van der Waals surface area contributed by atoms with Crippen molar-refractivity contribution in [3.05, 3.63) is 22.8 Å². The monoisotopic (exact) mass is 823 g/mol. The largest absolute Gasteiger partial charge is 0.238 e. The topological polar surface area (TPSA) is 25.8 Å². The summed E-state index contributed by atoms with van der Waals surface area (Å²) in [6.45, 7) is 9.21. The molecular formula is C57H110N2. The Balaban J connectivity index is 2.44. The molecule has 1 aromatic heterocycles. The normalized spacial score (nSPS) is 11.7. The van der Waals surface area contributed by atoms with Crippen LogP contribution in [0.25, 0.3) is 0 Å². The van der Waals surface area contributed by atoms with E-state index in [1.54, 1.807) is 5.56 Å². The summed E-state index contributed by atoms with van der Waals surface area (Å²) in [6.07, 6.45) is 68.9. The van der Waals surface area contributed by atoms with E-state index in [1.165, 1.54) is 320 Å². The molecule has 0 aliphatic heterocycles. The Morgan fingerprint density at radius 3 is 0.610 bits per heavy atom. The molecule has 0 saturated carbocycles. The van der Waals surface area contributed by atoms with Crippen LogP contribution in [0.4, 0.5) is 0 Å². The molecule has 0 atom stereocenters. The molecule has 0 unspecified atom stereocenters. The van der Waals surface area contributed by atoms with E-state index >= 15 is 0 Å². The molecule has 0 N–H and O–H groups in total. The van der Waals surface area contributed by atoms with Crippen LogP contribution in [0.5, 0.6) is 0 Å². The van der Waals surface area contributed by atoms with Crippen molar-refractivity contribution in [2.45, 2.75) is 342 Å². The van der Waals surface area contributed by atoms with Crippen LogP contribution in [0.2, 0.25) is 0 Å². The molecule has 1 heterocycles. The molecule has 2 heteroatoms. The van der Waals surface area contributed by atoms with Crippen molar-refractivity contribution in [1.29, 1.82) is 0 Å². The van der Waals surface area contributed by atoms with E-state index in [4.69, 9.17) is 9.97 Å². The fourth-order valence-electron chi connectivity index (χ4n) is 9.50. The fraction of sp³-hybridized carbons (Fsp3) is 0.930. The summed E-state index contributed by atoms with van der Waals surface area (Å²) >= 11 is 0. The van der Waals surface area contributed by atoms with Gasteiger partial charge in [-0.3, -0.25) is 0 Å². The molecule has 1 rings (SSSR count). The van der Waals surface area contributed by atoms with Gasteiger partial charge in [0, 0.05) is 17.8 Å². The number of unbranched alkanes of at least 4 members (excludes halogenated alkanes) is 42. The highest BCUT2D eigenvalue weighted by atomic mass is 14.9. The average molecular weight is 824 g/mol. The fourth-order valence-corrected chi connectivity index (χ4v) is 9.50. The lowest BCUT2D eigenvalue weighted by atomic mass is 9.96. The lowest BCUT2D eigenvalue weighted by Crippen LogP contribution is -2.11. The van der Waals surface area contributed by atoms with Gasteiger partial charge in [0.1, 0.15) is 5.82 Å². The number of aromatic nitrogens is 2. The molecule has 1 aromatic rings. The van der Waals surface area contributed by atoms with E-state index in [1.807, 2.05) is 0 Å². The van der Waals surface area contributed by atoms with Gasteiger partial charge in [-0.1, -0.05) is 297 Å². The summed E-state index contributed by atoms with van der Waals surface area (Å²) in [5, 5.41) is 0. The minimum absolute atomic E-state index is 0.969. The first-order valence-electron chi connectivity index (χ1n) is 28.1. The summed E-state index contributed by atoms with van der Waals surface area (Å²) < 4.78 is 0. The number of nitrogens with zero attached hydrogens (tertiary/aromatic N) is 2.